The zero-order valence-electron chi connectivity index (χ0n) is 20.5. The van der Waals surface area contributed by atoms with Gasteiger partial charge in [-0.15, -0.1) is 0 Å². The third-order valence-electron chi connectivity index (χ3n) is 6.30. The summed E-state index contributed by atoms with van der Waals surface area (Å²) in [6.07, 6.45) is -1.06. The molecule has 0 fully saturated rings. The summed E-state index contributed by atoms with van der Waals surface area (Å²) in [7, 11) is 0. The van der Waals surface area contributed by atoms with Gasteiger partial charge in [-0.05, 0) is 34.7 Å². The standard InChI is InChI=1S/C29H22F3N7/c30-29(31,32)22-12-10-20(11-13-22)17-39-18-35-24-26(34-16-19-6-2-1-3-7-19)37-28(38-27(24)39)36-25-23-9-5-4-8-21(23)14-15-33-25/h1-15,18H,16-17H2,(H2,33,34,36,37,38). The van der Waals surface area contributed by atoms with E-state index in [0.717, 1.165) is 28.5 Å². The molecule has 0 saturated heterocycles. The van der Waals surface area contributed by atoms with Crippen molar-refractivity contribution in [2.75, 3.05) is 10.6 Å². The summed E-state index contributed by atoms with van der Waals surface area (Å²) in [6, 6.07) is 24.8. The summed E-state index contributed by atoms with van der Waals surface area (Å²) in [4.78, 5) is 18.4. The first-order valence-electron chi connectivity index (χ1n) is 12.2. The summed E-state index contributed by atoms with van der Waals surface area (Å²) >= 11 is 0. The second-order valence-corrected chi connectivity index (χ2v) is 8.98. The number of alkyl halides is 3. The number of halogens is 3. The first-order chi connectivity index (χ1) is 18.9. The molecule has 0 bridgehead atoms. The molecular weight excluding hydrogens is 503 g/mol. The number of imidazole rings is 1. The average Bonchev–Trinajstić information content (AvgIpc) is 3.35. The van der Waals surface area contributed by atoms with Gasteiger partial charge >= 0.3 is 6.18 Å². The van der Waals surface area contributed by atoms with Crippen LogP contribution in [0.2, 0.25) is 0 Å². The maximum absolute atomic E-state index is 13.0. The molecule has 0 spiro atoms. The van der Waals surface area contributed by atoms with Crippen LogP contribution >= 0.6 is 0 Å². The second-order valence-electron chi connectivity index (χ2n) is 8.98. The Bertz CT molecular complexity index is 1740. The van der Waals surface area contributed by atoms with Gasteiger partial charge in [-0.3, -0.25) is 0 Å². The van der Waals surface area contributed by atoms with Crippen molar-refractivity contribution in [3.05, 3.63) is 114 Å². The maximum atomic E-state index is 13.0. The zero-order valence-corrected chi connectivity index (χ0v) is 20.5. The number of hydrogen-bond acceptors (Lipinski definition) is 6. The normalized spacial score (nSPS) is 11.7. The number of rotatable bonds is 7. The van der Waals surface area contributed by atoms with Gasteiger partial charge < -0.3 is 15.2 Å². The van der Waals surface area contributed by atoms with Gasteiger partial charge in [-0.2, -0.15) is 23.1 Å². The van der Waals surface area contributed by atoms with Crippen LogP contribution in [0.15, 0.2) is 97.5 Å². The number of nitrogens with zero attached hydrogens (tertiary/aromatic N) is 5. The lowest BCUT2D eigenvalue weighted by atomic mass is 10.1. The number of benzene rings is 3. The molecule has 6 rings (SSSR count). The predicted molar refractivity (Wildman–Crippen MR) is 145 cm³/mol. The van der Waals surface area contributed by atoms with E-state index in [0.29, 0.717) is 40.9 Å². The van der Waals surface area contributed by atoms with E-state index in [4.69, 9.17) is 9.97 Å². The molecule has 10 heteroatoms. The maximum Gasteiger partial charge on any atom is 0.416 e. The Hall–Kier alpha value is -4.99. The van der Waals surface area contributed by atoms with Crippen molar-refractivity contribution in [3.63, 3.8) is 0 Å². The van der Waals surface area contributed by atoms with E-state index in [1.807, 2.05) is 60.7 Å². The Morgan fingerprint density at radius 1 is 0.744 bits per heavy atom. The molecule has 3 aromatic heterocycles. The fourth-order valence-electron chi connectivity index (χ4n) is 4.34. The van der Waals surface area contributed by atoms with Gasteiger partial charge in [0.15, 0.2) is 17.0 Å². The molecule has 3 heterocycles. The molecule has 0 atom stereocenters. The molecule has 2 N–H and O–H groups in total. The lowest BCUT2D eigenvalue weighted by Gasteiger charge is -2.12. The van der Waals surface area contributed by atoms with Crippen LogP contribution in [0.4, 0.5) is 30.8 Å². The van der Waals surface area contributed by atoms with Crippen LogP contribution < -0.4 is 10.6 Å². The van der Waals surface area contributed by atoms with E-state index >= 15 is 0 Å². The first kappa shape index (κ1) is 24.4. The Kier molecular flexibility index (Phi) is 6.28. The Morgan fingerprint density at radius 3 is 2.31 bits per heavy atom. The predicted octanol–water partition coefficient (Wildman–Crippen LogP) is 6.80. The number of aromatic nitrogens is 5. The third-order valence-corrected chi connectivity index (χ3v) is 6.30. The lowest BCUT2D eigenvalue weighted by Crippen LogP contribution is -2.08. The number of hydrogen-bond donors (Lipinski definition) is 2. The molecule has 194 valence electrons. The van der Waals surface area contributed by atoms with Crippen LogP contribution in [0.1, 0.15) is 16.7 Å². The second kappa shape index (κ2) is 10.1. The molecule has 0 aliphatic carbocycles. The minimum Gasteiger partial charge on any atom is -0.364 e. The van der Waals surface area contributed by atoms with E-state index in [1.54, 1.807) is 17.1 Å². The summed E-state index contributed by atoms with van der Waals surface area (Å²) in [5.41, 5.74) is 2.15. The number of pyridine rings is 1. The van der Waals surface area contributed by atoms with Gasteiger partial charge in [-0.1, -0.05) is 66.7 Å². The SMILES string of the molecule is FC(F)(F)c1ccc(Cn2cnc3c(NCc4ccccc4)nc(Nc4nccc5ccccc45)nc32)cc1. The fourth-order valence-corrected chi connectivity index (χ4v) is 4.34. The van der Waals surface area contributed by atoms with Crippen LogP contribution in [0, 0.1) is 0 Å². The highest BCUT2D eigenvalue weighted by Gasteiger charge is 2.30. The summed E-state index contributed by atoms with van der Waals surface area (Å²) in [5.74, 6) is 1.45. The summed E-state index contributed by atoms with van der Waals surface area (Å²) in [6.45, 7) is 0.806. The molecule has 39 heavy (non-hydrogen) atoms. The minimum atomic E-state index is -4.39. The topological polar surface area (TPSA) is 80.5 Å². The van der Waals surface area contributed by atoms with Crippen molar-refractivity contribution in [1.82, 2.24) is 24.5 Å². The van der Waals surface area contributed by atoms with Crippen molar-refractivity contribution < 1.29 is 13.2 Å². The van der Waals surface area contributed by atoms with Gasteiger partial charge in [0, 0.05) is 18.1 Å². The van der Waals surface area contributed by atoms with Gasteiger partial charge in [0.2, 0.25) is 5.95 Å². The highest BCUT2D eigenvalue weighted by Crippen LogP contribution is 2.30. The monoisotopic (exact) mass is 525 g/mol. The van der Waals surface area contributed by atoms with Gasteiger partial charge in [0.25, 0.3) is 0 Å². The van der Waals surface area contributed by atoms with Gasteiger partial charge in [0.05, 0.1) is 18.4 Å². The van der Waals surface area contributed by atoms with Crippen molar-refractivity contribution in [1.29, 1.82) is 0 Å². The summed E-state index contributed by atoms with van der Waals surface area (Å²) in [5, 5.41) is 8.54. The van der Waals surface area contributed by atoms with Crippen molar-refractivity contribution in [2.24, 2.45) is 0 Å². The Morgan fingerprint density at radius 2 is 1.51 bits per heavy atom. The van der Waals surface area contributed by atoms with Crippen LogP contribution in [-0.4, -0.2) is 24.5 Å². The molecule has 0 aliphatic rings. The molecule has 0 unspecified atom stereocenters. The van der Waals surface area contributed by atoms with Crippen LogP contribution in [-0.2, 0) is 19.3 Å². The molecule has 6 aromatic rings. The fraction of sp³-hybridized carbons (Fsp3) is 0.103. The van der Waals surface area contributed by atoms with Crippen LogP contribution in [0.5, 0.6) is 0 Å². The van der Waals surface area contributed by atoms with Crippen LogP contribution in [0.3, 0.4) is 0 Å². The molecule has 0 amide bonds. The van der Waals surface area contributed by atoms with Crippen LogP contribution in [0.25, 0.3) is 21.9 Å². The molecule has 0 saturated carbocycles. The summed E-state index contributed by atoms with van der Waals surface area (Å²) < 4.78 is 40.8. The smallest absolute Gasteiger partial charge is 0.364 e. The molecule has 0 aliphatic heterocycles. The number of anilines is 3. The number of fused-ring (bicyclic) bond motifs is 2. The van der Waals surface area contributed by atoms with Gasteiger partial charge in [-0.25, -0.2) is 9.97 Å². The van der Waals surface area contributed by atoms with E-state index in [9.17, 15) is 13.2 Å². The lowest BCUT2D eigenvalue weighted by molar-refractivity contribution is -0.137. The number of nitrogens with one attached hydrogen (secondary N) is 2. The largest absolute Gasteiger partial charge is 0.416 e. The van der Waals surface area contributed by atoms with E-state index < -0.39 is 11.7 Å². The molecular formula is C29H22F3N7. The highest BCUT2D eigenvalue weighted by atomic mass is 19.4. The Labute approximate surface area is 221 Å². The van der Waals surface area contributed by atoms with Gasteiger partial charge in [0.1, 0.15) is 5.82 Å². The average molecular weight is 526 g/mol. The quantitative estimate of drug-likeness (QED) is 0.239. The molecule has 3 aromatic carbocycles. The van der Waals surface area contributed by atoms with E-state index in [1.165, 1.54) is 12.1 Å². The highest BCUT2D eigenvalue weighted by molar-refractivity contribution is 5.93. The van der Waals surface area contributed by atoms with E-state index in [-0.39, 0.29) is 6.54 Å². The zero-order chi connectivity index (χ0) is 26.8. The minimum absolute atomic E-state index is 0.287. The first-order valence-corrected chi connectivity index (χ1v) is 12.2. The van der Waals surface area contributed by atoms with Crippen molar-refractivity contribution in [2.45, 2.75) is 19.3 Å². The molecule has 7 nitrogen and oxygen atoms in total. The Balaban J connectivity index is 1.38. The van der Waals surface area contributed by atoms with E-state index in [2.05, 4.69) is 20.6 Å². The van der Waals surface area contributed by atoms with Crippen molar-refractivity contribution in [3.8, 4) is 0 Å². The third kappa shape index (κ3) is 5.22. The molecule has 0 radical (unpaired) electrons. The van der Waals surface area contributed by atoms with Crippen molar-refractivity contribution >= 4 is 39.5 Å².